The van der Waals surface area contributed by atoms with Crippen molar-refractivity contribution in [3.8, 4) is 0 Å². The van der Waals surface area contributed by atoms with Gasteiger partial charge in [-0.3, -0.25) is 0 Å². The summed E-state index contributed by atoms with van der Waals surface area (Å²) >= 11 is 0. The Morgan fingerprint density at radius 2 is 2.44 bits per heavy atom. The first-order chi connectivity index (χ1) is 4.42. The van der Waals surface area contributed by atoms with Crippen molar-refractivity contribution in [2.75, 3.05) is 0 Å². The van der Waals surface area contributed by atoms with Gasteiger partial charge in [-0.05, 0) is 18.5 Å². The largest absolute Gasteiger partial charge is 0.384 e. The minimum Gasteiger partial charge on any atom is -0.384 e. The van der Waals surface area contributed by atoms with Crippen molar-refractivity contribution in [2.24, 2.45) is 11.3 Å². The molecule has 1 aliphatic heterocycles. The van der Waals surface area contributed by atoms with E-state index in [1.165, 1.54) is 6.42 Å². The summed E-state index contributed by atoms with van der Waals surface area (Å²) < 4.78 is 0. The molecule has 46 valence electrons. The van der Waals surface area contributed by atoms with E-state index in [-0.39, 0.29) is 0 Å². The van der Waals surface area contributed by atoms with Crippen molar-refractivity contribution >= 4 is 0 Å². The number of hydrogen-bond donors (Lipinski definition) is 1. The molecule has 0 aromatic heterocycles. The fourth-order valence-electron chi connectivity index (χ4n) is 2.04. The Hall–Kier alpha value is -0.720. The topological polar surface area (TPSA) is 12.0 Å². The van der Waals surface area contributed by atoms with E-state index in [4.69, 9.17) is 0 Å². The van der Waals surface area contributed by atoms with Crippen LogP contribution >= 0.6 is 0 Å². The van der Waals surface area contributed by atoms with Gasteiger partial charge in [0.1, 0.15) is 0 Å². The molecule has 0 saturated heterocycles. The third-order valence-corrected chi connectivity index (χ3v) is 2.89. The van der Waals surface area contributed by atoms with E-state index in [2.05, 4.69) is 29.7 Å². The van der Waals surface area contributed by atoms with Gasteiger partial charge in [0.05, 0.1) is 6.04 Å². The first-order valence-electron chi connectivity index (χ1n) is 3.54. The number of allylic oxidation sites excluding steroid dienone is 1. The zero-order valence-electron chi connectivity index (χ0n) is 5.17. The number of nitrogens with one attached hydrogen (secondary N) is 1. The van der Waals surface area contributed by atoms with Gasteiger partial charge in [0, 0.05) is 5.41 Å². The molecule has 1 heterocycles. The summed E-state index contributed by atoms with van der Waals surface area (Å²) in [5.74, 6) is 0.883. The quantitative estimate of drug-likeness (QED) is 0.470. The molecular formula is C8H9N. The van der Waals surface area contributed by atoms with Crippen LogP contribution in [0.3, 0.4) is 0 Å². The van der Waals surface area contributed by atoms with Crippen molar-refractivity contribution in [2.45, 2.75) is 12.5 Å². The highest BCUT2D eigenvalue weighted by Crippen LogP contribution is 2.62. The van der Waals surface area contributed by atoms with Gasteiger partial charge in [-0.1, -0.05) is 18.2 Å². The number of hydrogen-bond acceptors (Lipinski definition) is 1. The van der Waals surface area contributed by atoms with Crippen LogP contribution in [-0.4, -0.2) is 6.04 Å². The first kappa shape index (κ1) is 4.15. The van der Waals surface area contributed by atoms with Gasteiger partial charge >= 0.3 is 0 Å². The fourth-order valence-corrected chi connectivity index (χ4v) is 2.04. The Morgan fingerprint density at radius 1 is 1.44 bits per heavy atom. The normalized spacial score (nSPS) is 56.9. The highest BCUT2D eigenvalue weighted by atomic mass is 15.0. The molecule has 3 rings (SSSR count). The van der Waals surface area contributed by atoms with Crippen LogP contribution in [0.1, 0.15) is 6.42 Å². The summed E-state index contributed by atoms with van der Waals surface area (Å²) in [6, 6.07) is 0.687. The minimum atomic E-state index is 0.606. The lowest BCUT2D eigenvalue weighted by Gasteiger charge is -2.33. The molecule has 0 radical (unpaired) electrons. The van der Waals surface area contributed by atoms with Crippen LogP contribution < -0.4 is 5.32 Å². The molecule has 1 spiro atoms. The van der Waals surface area contributed by atoms with E-state index in [0.717, 1.165) is 5.92 Å². The highest BCUT2D eigenvalue weighted by molar-refractivity contribution is 5.38. The maximum Gasteiger partial charge on any atom is 0.0535 e. The van der Waals surface area contributed by atoms with Gasteiger partial charge in [-0.2, -0.15) is 0 Å². The Bertz CT molecular complexity index is 215. The van der Waals surface area contributed by atoms with Crippen molar-refractivity contribution in [3.05, 3.63) is 24.4 Å². The number of rotatable bonds is 0. The third kappa shape index (κ3) is 0.294. The van der Waals surface area contributed by atoms with Crippen LogP contribution in [0, 0.1) is 11.3 Å². The highest BCUT2D eigenvalue weighted by Gasteiger charge is 2.60. The maximum atomic E-state index is 3.33. The molecule has 0 bridgehead atoms. The van der Waals surface area contributed by atoms with Crippen molar-refractivity contribution in [1.82, 2.24) is 5.32 Å². The van der Waals surface area contributed by atoms with Crippen LogP contribution in [0.4, 0.5) is 0 Å². The molecule has 1 saturated carbocycles. The van der Waals surface area contributed by atoms with Gasteiger partial charge in [-0.15, -0.1) is 0 Å². The summed E-state index contributed by atoms with van der Waals surface area (Å²) in [6.45, 7) is 0. The molecule has 0 aromatic rings. The van der Waals surface area contributed by atoms with Crippen molar-refractivity contribution in [1.29, 1.82) is 0 Å². The van der Waals surface area contributed by atoms with Gasteiger partial charge in [0.2, 0.25) is 0 Å². The monoisotopic (exact) mass is 119 g/mol. The molecule has 1 nitrogen and oxygen atoms in total. The summed E-state index contributed by atoms with van der Waals surface area (Å²) in [4.78, 5) is 0. The van der Waals surface area contributed by atoms with Crippen LogP contribution in [0.15, 0.2) is 24.4 Å². The third-order valence-electron chi connectivity index (χ3n) is 2.89. The zero-order chi connectivity index (χ0) is 5.90. The van der Waals surface area contributed by atoms with Gasteiger partial charge < -0.3 is 5.32 Å². The molecule has 0 aromatic carbocycles. The molecule has 1 N–H and O–H groups in total. The van der Waals surface area contributed by atoms with Crippen molar-refractivity contribution in [3.63, 3.8) is 0 Å². The second-order valence-corrected chi connectivity index (χ2v) is 3.29. The van der Waals surface area contributed by atoms with E-state index >= 15 is 0 Å². The molecule has 2 unspecified atom stereocenters. The average Bonchev–Trinajstić information content (AvgIpc) is 2.52. The summed E-state index contributed by atoms with van der Waals surface area (Å²) in [7, 11) is 0. The molecule has 1 heteroatoms. The second kappa shape index (κ2) is 0.962. The van der Waals surface area contributed by atoms with E-state index in [0.29, 0.717) is 11.5 Å². The molecule has 2 aliphatic carbocycles. The molecule has 3 atom stereocenters. The maximum absolute atomic E-state index is 3.33. The lowest BCUT2D eigenvalue weighted by molar-refractivity contribution is 0.421. The Morgan fingerprint density at radius 3 is 3.00 bits per heavy atom. The minimum absolute atomic E-state index is 0.606. The summed E-state index contributed by atoms with van der Waals surface area (Å²) in [5, 5.41) is 3.33. The Labute approximate surface area is 54.4 Å². The van der Waals surface area contributed by atoms with Crippen LogP contribution in [-0.2, 0) is 0 Å². The summed E-state index contributed by atoms with van der Waals surface area (Å²) in [5.41, 5.74) is 0.606. The Kier molecular flexibility index (Phi) is 0.444. The predicted molar refractivity (Wildman–Crippen MR) is 35.7 cm³/mol. The molecule has 0 amide bonds. The molecule has 1 fully saturated rings. The lowest BCUT2D eigenvalue weighted by atomic mass is 9.82. The smallest absolute Gasteiger partial charge is 0.0535 e. The van der Waals surface area contributed by atoms with Gasteiger partial charge in [-0.25, -0.2) is 0 Å². The standard InChI is InChI=1S/C8H9N/c1-3-8-5-6(8)2-4-9-7(1)8/h1-4,6-7,9H,5H2/t6?,7?,8-/m0/s1. The molecular weight excluding hydrogens is 110 g/mol. The first-order valence-corrected chi connectivity index (χ1v) is 3.54. The van der Waals surface area contributed by atoms with Crippen LogP contribution in [0.25, 0.3) is 0 Å². The van der Waals surface area contributed by atoms with E-state index in [9.17, 15) is 0 Å². The van der Waals surface area contributed by atoms with Gasteiger partial charge in [0.15, 0.2) is 0 Å². The predicted octanol–water partition coefficient (Wildman–Crippen LogP) is 1.05. The second-order valence-electron chi connectivity index (χ2n) is 3.29. The van der Waals surface area contributed by atoms with Crippen LogP contribution in [0.2, 0.25) is 0 Å². The summed E-state index contributed by atoms with van der Waals surface area (Å²) in [6.07, 6.45) is 10.4. The lowest BCUT2D eigenvalue weighted by Crippen LogP contribution is -2.40. The zero-order valence-corrected chi connectivity index (χ0v) is 5.17. The Balaban J connectivity index is 2.10. The van der Waals surface area contributed by atoms with E-state index in [1.807, 2.05) is 0 Å². The SMILES string of the molecule is C1=CC2C[C@@]23C=CC3N1. The van der Waals surface area contributed by atoms with E-state index < -0.39 is 0 Å². The molecule has 3 aliphatic rings. The average molecular weight is 119 g/mol. The fraction of sp³-hybridized carbons (Fsp3) is 0.500. The van der Waals surface area contributed by atoms with Crippen LogP contribution in [0.5, 0.6) is 0 Å². The molecule has 9 heavy (non-hydrogen) atoms. The van der Waals surface area contributed by atoms with Crippen molar-refractivity contribution < 1.29 is 0 Å². The van der Waals surface area contributed by atoms with Gasteiger partial charge in [0.25, 0.3) is 0 Å². The van der Waals surface area contributed by atoms with E-state index in [1.54, 1.807) is 0 Å².